The van der Waals surface area contributed by atoms with Gasteiger partial charge in [-0.05, 0) is 53.8 Å². The van der Waals surface area contributed by atoms with E-state index in [1.165, 1.54) is 23.3 Å². The molecule has 2 aliphatic rings. The molecule has 0 N–H and O–H groups in total. The first-order valence-corrected chi connectivity index (χ1v) is 6.55. The first kappa shape index (κ1) is 9.67. The zero-order valence-corrected chi connectivity index (χ0v) is 9.85. The van der Waals surface area contributed by atoms with Crippen molar-refractivity contribution in [2.45, 2.75) is 25.3 Å². The van der Waals surface area contributed by atoms with Gasteiger partial charge in [0.1, 0.15) is 0 Å². The number of carbonyl (C=O) groups is 1. The third-order valence-corrected chi connectivity index (χ3v) is 4.52. The summed E-state index contributed by atoms with van der Waals surface area (Å²) in [6.45, 7) is 0.789. The van der Waals surface area contributed by atoms with Crippen LogP contribution in [0.5, 0.6) is 0 Å². The maximum atomic E-state index is 11.4. The van der Waals surface area contributed by atoms with Crippen LogP contribution in [0.1, 0.15) is 29.3 Å². The zero-order valence-electron chi connectivity index (χ0n) is 8.28. The highest BCUT2D eigenvalue weighted by molar-refractivity contribution is 7.10. The summed E-state index contributed by atoms with van der Waals surface area (Å²) in [6.07, 6.45) is 3.44. The van der Waals surface area contributed by atoms with Crippen LogP contribution in [0.3, 0.4) is 0 Å². The Bertz CT molecular complexity index is 399. The van der Waals surface area contributed by atoms with E-state index >= 15 is 0 Å². The summed E-state index contributed by atoms with van der Waals surface area (Å²) < 4.78 is 0. The topological polar surface area (TPSA) is 20.3 Å². The van der Waals surface area contributed by atoms with Crippen molar-refractivity contribution in [2.24, 2.45) is 5.92 Å². The molecule has 1 aliphatic carbocycles. The summed E-state index contributed by atoms with van der Waals surface area (Å²) >= 11 is 7.45. The molecule has 0 bridgehead atoms. The van der Waals surface area contributed by atoms with E-state index in [9.17, 15) is 4.79 Å². The Labute approximate surface area is 97.8 Å². The highest BCUT2D eigenvalue weighted by Gasteiger charge is 2.41. The van der Waals surface area contributed by atoms with Gasteiger partial charge in [-0.25, -0.2) is 0 Å². The van der Waals surface area contributed by atoms with Gasteiger partial charge in [0.25, 0.3) is 0 Å². The minimum Gasteiger partial charge on any atom is -0.322 e. The molecule has 1 amide bonds. The van der Waals surface area contributed by atoms with E-state index < -0.39 is 0 Å². The van der Waals surface area contributed by atoms with E-state index in [0.29, 0.717) is 5.92 Å². The molecular formula is C11H12ClNOS. The van der Waals surface area contributed by atoms with Gasteiger partial charge in [-0.3, -0.25) is 4.79 Å². The number of halogens is 1. The molecule has 80 valence electrons. The largest absolute Gasteiger partial charge is 0.322 e. The van der Waals surface area contributed by atoms with E-state index in [1.807, 2.05) is 16.2 Å². The number of fused-ring (bicyclic) bond motifs is 1. The van der Waals surface area contributed by atoms with Crippen molar-refractivity contribution in [1.82, 2.24) is 4.90 Å². The Kier molecular flexibility index (Phi) is 2.25. The number of amides is 1. The molecule has 1 saturated carbocycles. The molecule has 2 heterocycles. The van der Waals surface area contributed by atoms with Gasteiger partial charge in [0.05, 0.1) is 6.04 Å². The SMILES string of the molecule is O=C(Cl)N1CCc2sccc2C1C1CC1. The van der Waals surface area contributed by atoms with Crippen LogP contribution in [0, 0.1) is 5.92 Å². The molecule has 3 rings (SSSR count). The third kappa shape index (κ3) is 1.58. The predicted octanol–water partition coefficient (Wildman–Crippen LogP) is 3.42. The number of thiophene rings is 1. The quantitative estimate of drug-likeness (QED) is 0.545. The van der Waals surface area contributed by atoms with Crippen molar-refractivity contribution >= 4 is 28.3 Å². The lowest BCUT2D eigenvalue weighted by Gasteiger charge is -2.34. The molecule has 15 heavy (non-hydrogen) atoms. The molecule has 0 radical (unpaired) electrons. The van der Waals surface area contributed by atoms with Gasteiger partial charge in [-0.1, -0.05) is 0 Å². The van der Waals surface area contributed by atoms with Crippen LogP contribution in [0.15, 0.2) is 11.4 Å². The van der Waals surface area contributed by atoms with Crippen molar-refractivity contribution in [1.29, 1.82) is 0 Å². The highest BCUT2D eigenvalue weighted by Crippen LogP contribution is 2.48. The van der Waals surface area contributed by atoms with Crippen LogP contribution < -0.4 is 0 Å². The number of rotatable bonds is 1. The van der Waals surface area contributed by atoms with Crippen molar-refractivity contribution in [3.05, 3.63) is 21.9 Å². The van der Waals surface area contributed by atoms with Gasteiger partial charge in [-0.2, -0.15) is 0 Å². The van der Waals surface area contributed by atoms with Crippen molar-refractivity contribution in [2.75, 3.05) is 6.54 Å². The maximum absolute atomic E-state index is 11.4. The minimum atomic E-state index is -0.288. The van der Waals surface area contributed by atoms with E-state index in [1.54, 1.807) is 0 Å². The fraction of sp³-hybridized carbons (Fsp3) is 0.545. The third-order valence-electron chi connectivity index (χ3n) is 3.31. The summed E-state index contributed by atoms with van der Waals surface area (Å²) in [4.78, 5) is 14.7. The first-order valence-electron chi connectivity index (χ1n) is 5.30. The van der Waals surface area contributed by atoms with Gasteiger partial charge in [0, 0.05) is 11.4 Å². The molecule has 4 heteroatoms. The van der Waals surface area contributed by atoms with Crippen LogP contribution >= 0.6 is 22.9 Å². The molecule has 1 fully saturated rings. The smallest absolute Gasteiger partial charge is 0.316 e. The Hall–Kier alpha value is -0.540. The predicted molar refractivity (Wildman–Crippen MR) is 61.4 cm³/mol. The molecule has 2 nitrogen and oxygen atoms in total. The van der Waals surface area contributed by atoms with Gasteiger partial charge in [0.2, 0.25) is 0 Å². The minimum absolute atomic E-state index is 0.269. The van der Waals surface area contributed by atoms with Crippen molar-refractivity contribution < 1.29 is 4.79 Å². The Balaban J connectivity index is 1.99. The summed E-state index contributed by atoms with van der Waals surface area (Å²) in [7, 11) is 0. The lowest BCUT2D eigenvalue weighted by Crippen LogP contribution is -2.37. The van der Waals surface area contributed by atoms with Crippen molar-refractivity contribution in [3.63, 3.8) is 0 Å². The molecule has 1 aromatic heterocycles. The monoisotopic (exact) mass is 241 g/mol. The van der Waals surface area contributed by atoms with Gasteiger partial charge < -0.3 is 4.90 Å². The van der Waals surface area contributed by atoms with Crippen LogP contribution in [0.2, 0.25) is 0 Å². The molecule has 1 aromatic rings. The molecule has 0 spiro atoms. The Morgan fingerprint density at radius 2 is 2.33 bits per heavy atom. The average molecular weight is 242 g/mol. The van der Waals surface area contributed by atoms with Crippen LogP contribution in [-0.2, 0) is 6.42 Å². The fourth-order valence-electron chi connectivity index (χ4n) is 2.46. The molecule has 0 saturated heterocycles. The van der Waals surface area contributed by atoms with Crippen molar-refractivity contribution in [3.8, 4) is 0 Å². The van der Waals surface area contributed by atoms with Gasteiger partial charge in [0.15, 0.2) is 0 Å². The molecular weight excluding hydrogens is 230 g/mol. The Morgan fingerprint density at radius 3 is 3.00 bits per heavy atom. The second-order valence-electron chi connectivity index (χ2n) is 4.28. The Morgan fingerprint density at radius 1 is 1.53 bits per heavy atom. The van der Waals surface area contributed by atoms with E-state index in [-0.39, 0.29) is 11.4 Å². The highest BCUT2D eigenvalue weighted by atomic mass is 35.5. The lowest BCUT2D eigenvalue weighted by molar-refractivity contribution is 0.183. The van der Waals surface area contributed by atoms with Gasteiger partial charge in [-0.15, -0.1) is 11.3 Å². The number of hydrogen-bond acceptors (Lipinski definition) is 2. The summed E-state index contributed by atoms with van der Waals surface area (Å²) in [5, 5.41) is 1.84. The van der Waals surface area contributed by atoms with E-state index in [0.717, 1.165) is 13.0 Å². The number of carbonyl (C=O) groups excluding carboxylic acids is 1. The number of hydrogen-bond donors (Lipinski definition) is 0. The zero-order chi connectivity index (χ0) is 10.4. The van der Waals surface area contributed by atoms with Crippen LogP contribution in [-0.4, -0.2) is 16.8 Å². The average Bonchev–Trinajstić information content (AvgIpc) is 2.93. The normalized spacial score (nSPS) is 25.1. The van der Waals surface area contributed by atoms with Crippen LogP contribution in [0.25, 0.3) is 0 Å². The van der Waals surface area contributed by atoms with E-state index in [2.05, 4.69) is 11.4 Å². The molecule has 1 unspecified atom stereocenters. The molecule has 1 atom stereocenters. The first-order chi connectivity index (χ1) is 7.27. The standard InChI is InChI=1S/C11H12ClNOS/c12-11(14)13-5-3-9-8(4-6-15-9)10(13)7-1-2-7/h4,6-7,10H,1-3,5H2. The summed E-state index contributed by atoms with van der Waals surface area (Å²) in [6, 6.07) is 2.43. The summed E-state index contributed by atoms with van der Waals surface area (Å²) in [5.74, 6) is 0.654. The van der Waals surface area contributed by atoms with Crippen LogP contribution in [0.4, 0.5) is 4.79 Å². The summed E-state index contributed by atoms with van der Waals surface area (Å²) in [5.41, 5.74) is 1.35. The molecule has 1 aliphatic heterocycles. The van der Waals surface area contributed by atoms with E-state index in [4.69, 9.17) is 11.6 Å². The lowest BCUT2D eigenvalue weighted by atomic mass is 9.97. The maximum Gasteiger partial charge on any atom is 0.316 e. The fourth-order valence-corrected chi connectivity index (χ4v) is 3.57. The van der Waals surface area contributed by atoms with Gasteiger partial charge >= 0.3 is 5.37 Å². The second-order valence-corrected chi connectivity index (χ2v) is 5.60. The second kappa shape index (κ2) is 3.49. The number of nitrogens with zero attached hydrogens (tertiary/aromatic N) is 1. The molecule has 0 aromatic carbocycles.